The molecule has 0 radical (unpaired) electrons. The van der Waals surface area contributed by atoms with E-state index in [4.69, 9.17) is 5.73 Å². The van der Waals surface area contributed by atoms with Crippen LogP contribution in [-0.2, 0) is 16.0 Å². The first-order valence-electron chi connectivity index (χ1n) is 3.96. The molecule has 0 saturated heterocycles. The van der Waals surface area contributed by atoms with Crippen molar-refractivity contribution in [3.05, 3.63) is 16.1 Å². The van der Waals surface area contributed by atoms with Crippen molar-refractivity contribution in [3.8, 4) is 0 Å². The number of carbonyl (C=O) groups excluding carboxylic acids is 1. The molecule has 0 spiro atoms. The van der Waals surface area contributed by atoms with Crippen LogP contribution in [0.15, 0.2) is 5.38 Å². The van der Waals surface area contributed by atoms with Crippen LogP contribution in [0.2, 0.25) is 0 Å². The summed E-state index contributed by atoms with van der Waals surface area (Å²) in [7, 11) is 1.31. The highest BCUT2D eigenvalue weighted by molar-refractivity contribution is 7.09. The average Bonchev–Trinajstić information content (AvgIpc) is 2.63. The third-order valence-corrected chi connectivity index (χ3v) is 2.66. The minimum absolute atomic E-state index is 0.451. The third-order valence-electron chi connectivity index (χ3n) is 1.65. The molecule has 1 atom stereocenters. The van der Waals surface area contributed by atoms with E-state index in [0.29, 0.717) is 5.69 Å². The SMILES string of the molecule is CCc1nc(C(N)C(=O)OC)cs1. The standard InChI is InChI=1S/C8H12N2O2S/c1-3-6-10-5(4-13-6)7(9)8(11)12-2/h4,7H,3,9H2,1-2H3. The van der Waals surface area contributed by atoms with Crippen molar-refractivity contribution < 1.29 is 9.53 Å². The van der Waals surface area contributed by atoms with Crippen LogP contribution in [0.25, 0.3) is 0 Å². The Kier molecular flexibility index (Phi) is 3.39. The summed E-state index contributed by atoms with van der Waals surface area (Å²) in [6.07, 6.45) is 0.860. The van der Waals surface area contributed by atoms with Gasteiger partial charge in [0.15, 0.2) is 0 Å². The summed E-state index contributed by atoms with van der Waals surface area (Å²) in [5.41, 5.74) is 6.18. The van der Waals surface area contributed by atoms with Gasteiger partial charge >= 0.3 is 5.97 Å². The second kappa shape index (κ2) is 4.34. The zero-order valence-electron chi connectivity index (χ0n) is 7.61. The summed E-state index contributed by atoms with van der Waals surface area (Å²) in [6, 6.07) is -0.749. The number of nitrogens with two attached hydrogens (primary N) is 1. The van der Waals surface area contributed by atoms with Gasteiger partial charge < -0.3 is 10.5 Å². The topological polar surface area (TPSA) is 65.2 Å². The van der Waals surface area contributed by atoms with Crippen molar-refractivity contribution >= 4 is 17.3 Å². The highest BCUT2D eigenvalue weighted by Crippen LogP contribution is 2.16. The van der Waals surface area contributed by atoms with Crippen LogP contribution in [0.3, 0.4) is 0 Å². The lowest BCUT2D eigenvalue weighted by Crippen LogP contribution is -2.22. The Morgan fingerprint density at radius 2 is 2.54 bits per heavy atom. The smallest absolute Gasteiger partial charge is 0.328 e. The second-order valence-corrected chi connectivity index (χ2v) is 3.46. The van der Waals surface area contributed by atoms with E-state index in [1.54, 1.807) is 5.38 Å². The molecule has 1 rings (SSSR count). The van der Waals surface area contributed by atoms with Crippen molar-refractivity contribution in [1.29, 1.82) is 0 Å². The van der Waals surface area contributed by atoms with Gasteiger partial charge in [0.25, 0.3) is 0 Å². The van der Waals surface area contributed by atoms with Gasteiger partial charge in [-0.3, -0.25) is 0 Å². The van der Waals surface area contributed by atoms with Gasteiger partial charge in [-0.05, 0) is 6.42 Å². The molecule has 0 aliphatic rings. The first-order valence-corrected chi connectivity index (χ1v) is 4.84. The Labute approximate surface area is 80.7 Å². The van der Waals surface area contributed by atoms with Gasteiger partial charge in [0, 0.05) is 5.38 Å². The van der Waals surface area contributed by atoms with Gasteiger partial charge in [0.1, 0.15) is 6.04 Å². The zero-order chi connectivity index (χ0) is 9.84. The molecule has 2 N–H and O–H groups in total. The number of aryl methyl sites for hydroxylation is 1. The van der Waals surface area contributed by atoms with E-state index in [1.807, 2.05) is 6.92 Å². The Hall–Kier alpha value is -0.940. The number of rotatable bonds is 3. The van der Waals surface area contributed by atoms with Gasteiger partial charge in [-0.25, -0.2) is 9.78 Å². The molecule has 1 aromatic rings. The molecule has 0 aliphatic heterocycles. The maximum Gasteiger partial charge on any atom is 0.328 e. The number of hydrogen-bond donors (Lipinski definition) is 1. The number of carbonyl (C=O) groups is 1. The van der Waals surface area contributed by atoms with E-state index in [1.165, 1.54) is 18.4 Å². The summed E-state index contributed by atoms with van der Waals surface area (Å²) >= 11 is 1.51. The maximum absolute atomic E-state index is 11.0. The predicted octanol–water partition coefficient (Wildman–Crippen LogP) is 0.878. The van der Waals surface area contributed by atoms with Crippen LogP contribution in [0.5, 0.6) is 0 Å². The quantitative estimate of drug-likeness (QED) is 0.735. The van der Waals surface area contributed by atoms with E-state index in [2.05, 4.69) is 9.72 Å². The van der Waals surface area contributed by atoms with Crippen molar-refractivity contribution in [3.63, 3.8) is 0 Å². The Morgan fingerprint density at radius 1 is 1.85 bits per heavy atom. The monoisotopic (exact) mass is 200 g/mol. The molecule has 0 amide bonds. The van der Waals surface area contributed by atoms with Crippen molar-refractivity contribution in [2.45, 2.75) is 19.4 Å². The fraction of sp³-hybridized carbons (Fsp3) is 0.500. The van der Waals surface area contributed by atoms with E-state index in [0.717, 1.165) is 11.4 Å². The van der Waals surface area contributed by atoms with Crippen LogP contribution in [0.4, 0.5) is 0 Å². The summed E-state index contributed by atoms with van der Waals surface area (Å²) in [4.78, 5) is 15.2. The van der Waals surface area contributed by atoms with Crippen molar-refractivity contribution in [1.82, 2.24) is 4.98 Å². The zero-order valence-corrected chi connectivity index (χ0v) is 8.43. The van der Waals surface area contributed by atoms with Gasteiger partial charge in [0.2, 0.25) is 0 Å². The molecule has 1 unspecified atom stereocenters. The lowest BCUT2D eigenvalue weighted by atomic mass is 10.2. The molecule has 5 heteroatoms. The Bertz CT molecular complexity index is 298. The number of methoxy groups -OCH3 is 1. The molecule has 4 nitrogen and oxygen atoms in total. The summed E-state index contributed by atoms with van der Waals surface area (Å²) in [6.45, 7) is 2.01. The van der Waals surface area contributed by atoms with Gasteiger partial charge in [0.05, 0.1) is 17.8 Å². The second-order valence-electron chi connectivity index (χ2n) is 2.52. The number of esters is 1. The number of ether oxygens (including phenoxy) is 1. The van der Waals surface area contributed by atoms with E-state index < -0.39 is 12.0 Å². The Morgan fingerprint density at radius 3 is 3.00 bits per heavy atom. The van der Waals surface area contributed by atoms with Gasteiger partial charge in [-0.15, -0.1) is 11.3 Å². The largest absolute Gasteiger partial charge is 0.468 e. The average molecular weight is 200 g/mol. The van der Waals surface area contributed by atoms with Crippen LogP contribution >= 0.6 is 11.3 Å². The van der Waals surface area contributed by atoms with E-state index in [9.17, 15) is 4.79 Å². The molecule has 0 aromatic carbocycles. The lowest BCUT2D eigenvalue weighted by molar-refractivity contribution is -0.142. The van der Waals surface area contributed by atoms with Gasteiger partial charge in [-0.1, -0.05) is 6.92 Å². The maximum atomic E-state index is 11.0. The predicted molar refractivity (Wildman–Crippen MR) is 50.4 cm³/mol. The molecule has 0 saturated carbocycles. The van der Waals surface area contributed by atoms with Crippen LogP contribution in [-0.4, -0.2) is 18.1 Å². The molecule has 0 fully saturated rings. The van der Waals surface area contributed by atoms with Gasteiger partial charge in [-0.2, -0.15) is 0 Å². The minimum Gasteiger partial charge on any atom is -0.468 e. The molecule has 72 valence electrons. The van der Waals surface area contributed by atoms with Crippen LogP contribution < -0.4 is 5.73 Å². The lowest BCUT2D eigenvalue weighted by Gasteiger charge is -2.04. The minimum atomic E-state index is -0.749. The highest BCUT2D eigenvalue weighted by atomic mass is 32.1. The number of aromatic nitrogens is 1. The molecule has 1 heterocycles. The number of nitrogens with zero attached hydrogens (tertiary/aromatic N) is 1. The molecular weight excluding hydrogens is 188 g/mol. The van der Waals surface area contributed by atoms with Crippen molar-refractivity contribution in [2.75, 3.05) is 7.11 Å². The van der Waals surface area contributed by atoms with E-state index in [-0.39, 0.29) is 0 Å². The number of hydrogen-bond acceptors (Lipinski definition) is 5. The fourth-order valence-corrected chi connectivity index (χ4v) is 1.66. The normalized spacial score (nSPS) is 12.5. The van der Waals surface area contributed by atoms with Crippen LogP contribution in [0, 0.1) is 0 Å². The van der Waals surface area contributed by atoms with Crippen LogP contribution in [0.1, 0.15) is 23.7 Å². The molecule has 13 heavy (non-hydrogen) atoms. The first kappa shape index (κ1) is 10.1. The molecule has 0 aliphatic carbocycles. The van der Waals surface area contributed by atoms with E-state index >= 15 is 0 Å². The number of thiazole rings is 1. The highest BCUT2D eigenvalue weighted by Gasteiger charge is 2.18. The van der Waals surface area contributed by atoms with Crippen molar-refractivity contribution in [2.24, 2.45) is 5.73 Å². The fourth-order valence-electron chi connectivity index (χ4n) is 0.878. The molecule has 0 bridgehead atoms. The summed E-state index contributed by atoms with van der Waals surface area (Å²) in [5, 5.41) is 2.77. The molecular formula is C8H12N2O2S. The third kappa shape index (κ3) is 2.26. The molecule has 1 aromatic heterocycles. The summed E-state index contributed by atoms with van der Waals surface area (Å²) < 4.78 is 4.51. The summed E-state index contributed by atoms with van der Waals surface area (Å²) in [5.74, 6) is -0.451. The Balaban J connectivity index is 2.76. The first-order chi connectivity index (χ1) is 6.19.